The van der Waals surface area contributed by atoms with Crippen LogP contribution in [0.4, 0.5) is 0 Å². The molecule has 0 aliphatic rings. The van der Waals surface area contributed by atoms with Crippen molar-refractivity contribution in [1.29, 1.82) is 0 Å². The zero-order chi connectivity index (χ0) is 33.0. The minimum Gasteiger partial charge on any atom is -0.205 e. The van der Waals surface area contributed by atoms with Gasteiger partial charge in [0.2, 0.25) is 0 Å². The summed E-state index contributed by atoms with van der Waals surface area (Å²) in [7, 11) is 0. The van der Waals surface area contributed by atoms with Crippen LogP contribution in [0.1, 0.15) is 250 Å². The quantitative estimate of drug-likeness (QED) is 0.0503. The van der Waals surface area contributed by atoms with Gasteiger partial charge in [0.1, 0.15) is 6.54 Å². The van der Waals surface area contributed by atoms with Crippen LogP contribution in [0, 0.1) is 0 Å². The molecule has 0 aromatic carbocycles. The Kier molecular flexibility index (Phi) is 33.3. The van der Waals surface area contributed by atoms with E-state index in [1.54, 1.807) is 11.1 Å². The molecule has 1 aromatic heterocycles. The van der Waals surface area contributed by atoms with E-state index >= 15 is 0 Å². The first kappa shape index (κ1) is 43.2. The third-order valence-electron chi connectivity index (χ3n) is 10.4. The summed E-state index contributed by atoms with van der Waals surface area (Å²) in [6.45, 7) is 8.16. The van der Waals surface area contributed by atoms with Gasteiger partial charge in [0.15, 0.2) is 12.4 Å². The molecule has 1 heterocycles. The van der Waals surface area contributed by atoms with Crippen molar-refractivity contribution in [1.82, 2.24) is 0 Å². The monoisotopic (exact) mass is 641 g/mol. The van der Waals surface area contributed by atoms with Crippen LogP contribution in [0.3, 0.4) is 0 Å². The van der Waals surface area contributed by atoms with Gasteiger partial charge in [-0.2, -0.15) is 0 Å². The summed E-state index contributed by atoms with van der Waals surface area (Å²) < 4.78 is 2.58. The van der Waals surface area contributed by atoms with E-state index in [-0.39, 0.29) is 0 Å². The Morgan fingerprint density at radius 2 is 0.543 bits per heavy atom. The van der Waals surface area contributed by atoms with E-state index in [1.165, 1.54) is 238 Å². The van der Waals surface area contributed by atoms with Crippen LogP contribution in [0.2, 0.25) is 0 Å². The first-order valence-electron chi connectivity index (χ1n) is 21.8. The molecule has 0 aliphatic carbocycles. The van der Waals surface area contributed by atoms with E-state index in [1.807, 2.05) is 0 Å². The average molecular weight is 641 g/mol. The minimum atomic E-state index is 1.22. The largest absolute Gasteiger partial charge is 0.205 e. The number of nitrogens with zero attached hydrogens (tertiary/aromatic N) is 1. The average Bonchev–Trinajstić information content (AvgIpc) is 3.06. The molecule has 0 unspecified atom stereocenters. The molecule has 0 saturated carbocycles. The van der Waals surface area contributed by atoms with E-state index in [0.29, 0.717) is 0 Å². The van der Waals surface area contributed by atoms with Crippen molar-refractivity contribution in [3.05, 3.63) is 29.6 Å². The number of hydrogen-bond acceptors (Lipinski definition) is 0. The molecule has 0 N–H and O–H groups in total. The summed E-state index contributed by atoms with van der Waals surface area (Å²) in [4.78, 5) is 0. The third kappa shape index (κ3) is 29.3. The second-order valence-corrected chi connectivity index (χ2v) is 15.3. The molecule has 1 aromatic rings. The zero-order valence-corrected chi connectivity index (χ0v) is 32.3. The number of pyridine rings is 1. The fourth-order valence-electron chi connectivity index (χ4n) is 7.30. The molecule has 0 amide bonds. The standard InChI is InChI=1S/C45H86N/c1-4-7-10-13-16-19-22-25-28-31-34-37-40-46-42-44(38-35-32-29-26-23-20-17-14-11-8-5-2)41-45(43-46)39-36-33-30-27-24-21-18-15-12-9-6-3/h41-43H,4-40H2,1-3H3/q+1. The summed E-state index contributed by atoms with van der Waals surface area (Å²) in [6.07, 6.45) is 56.3. The van der Waals surface area contributed by atoms with Gasteiger partial charge in [-0.05, 0) is 38.2 Å². The zero-order valence-electron chi connectivity index (χ0n) is 32.3. The first-order valence-corrected chi connectivity index (χ1v) is 21.8. The van der Waals surface area contributed by atoms with Crippen molar-refractivity contribution in [3.63, 3.8) is 0 Å². The molecule has 270 valence electrons. The minimum absolute atomic E-state index is 1.22. The topological polar surface area (TPSA) is 3.88 Å². The molecule has 0 saturated heterocycles. The van der Waals surface area contributed by atoms with Gasteiger partial charge < -0.3 is 0 Å². The maximum absolute atomic E-state index is 2.58. The maximum Gasteiger partial charge on any atom is 0.171 e. The molecule has 0 radical (unpaired) electrons. The highest BCUT2D eigenvalue weighted by Crippen LogP contribution is 2.16. The Hall–Kier alpha value is -0.850. The molecule has 0 atom stereocenters. The predicted molar refractivity (Wildman–Crippen MR) is 208 cm³/mol. The van der Waals surface area contributed by atoms with Gasteiger partial charge in [0, 0.05) is 17.5 Å². The van der Waals surface area contributed by atoms with Gasteiger partial charge in [-0.3, -0.25) is 0 Å². The van der Waals surface area contributed by atoms with Gasteiger partial charge in [-0.15, -0.1) is 0 Å². The molecular weight excluding hydrogens is 555 g/mol. The molecule has 0 bridgehead atoms. The van der Waals surface area contributed by atoms with Crippen LogP contribution < -0.4 is 4.57 Å². The summed E-state index contributed by atoms with van der Waals surface area (Å²) >= 11 is 0. The van der Waals surface area contributed by atoms with Crippen LogP contribution >= 0.6 is 0 Å². The fraction of sp³-hybridized carbons (Fsp3) is 0.889. The molecule has 0 spiro atoms. The SMILES string of the molecule is CCCCCCCCCCCCCC[n+]1cc(CCCCCCCCCCCCC)cc(CCCCCCCCCCCCC)c1. The number of aryl methyl sites for hydroxylation is 3. The Labute approximate surface area is 291 Å². The number of unbranched alkanes of at least 4 members (excludes halogenated alkanes) is 31. The maximum atomic E-state index is 2.58. The molecule has 1 heteroatoms. The van der Waals surface area contributed by atoms with Gasteiger partial charge >= 0.3 is 0 Å². The number of rotatable bonds is 37. The lowest BCUT2D eigenvalue weighted by Gasteiger charge is -2.07. The van der Waals surface area contributed by atoms with Crippen LogP contribution in [-0.2, 0) is 19.4 Å². The lowest BCUT2D eigenvalue weighted by molar-refractivity contribution is -0.698. The van der Waals surface area contributed by atoms with Crippen LogP contribution in [0.25, 0.3) is 0 Å². The molecule has 0 fully saturated rings. The summed E-state index contributed by atoms with van der Waals surface area (Å²) in [5, 5.41) is 0. The van der Waals surface area contributed by atoms with E-state index in [4.69, 9.17) is 0 Å². The van der Waals surface area contributed by atoms with E-state index in [0.717, 1.165) is 0 Å². The smallest absolute Gasteiger partial charge is 0.171 e. The van der Waals surface area contributed by atoms with Crippen LogP contribution in [-0.4, -0.2) is 0 Å². The fourth-order valence-corrected chi connectivity index (χ4v) is 7.30. The van der Waals surface area contributed by atoms with E-state index in [9.17, 15) is 0 Å². The highest BCUT2D eigenvalue weighted by atomic mass is 14.9. The Morgan fingerprint density at radius 3 is 0.826 bits per heavy atom. The summed E-state index contributed by atoms with van der Waals surface area (Å²) in [5.41, 5.74) is 3.21. The Morgan fingerprint density at radius 1 is 0.304 bits per heavy atom. The van der Waals surface area contributed by atoms with Crippen molar-refractivity contribution in [2.75, 3.05) is 0 Å². The van der Waals surface area contributed by atoms with Gasteiger partial charge in [0.25, 0.3) is 0 Å². The van der Waals surface area contributed by atoms with Crippen LogP contribution in [0.15, 0.2) is 18.5 Å². The molecular formula is C45H86N+. The summed E-state index contributed by atoms with van der Waals surface area (Å²) in [5.74, 6) is 0. The number of aromatic nitrogens is 1. The van der Waals surface area contributed by atoms with Gasteiger partial charge in [0.05, 0.1) is 0 Å². The van der Waals surface area contributed by atoms with Crippen molar-refractivity contribution >= 4 is 0 Å². The molecule has 46 heavy (non-hydrogen) atoms. The third-order valence-corrected chi connectivity index (χ3v) is 10.4. The normalized spacial score (nSPS) is 11.5. The Bertz CT molecular complexity index is 679. The van der Waals surface area contributed by atoms with Crippen molar-refractivity contribution in [2.24, 2.45) is 0 Å². The molecule has 1 nitrogen and oxygen atoms in total. The second kappa shape index (κ2) is 35.5. The van der Waals surface area contributed by atoms with Gasteiger partial charge in [-0.25, -0.2) is 4.57 Å². The highest BCUT2D eigenvalue weighted by Gasteiger charge is 2.09. The van der Waals surface area contributed by atoms with Crippen molar-refractivity contribution in [2.45, 2.75) is 258 Å². The second-order valence-electron chi connectivity index (χ2n) is 15.3. The van der Waals surface area contributed by atoms with Crippen molar-refractivity contribution in [3.8, 4) is 0 Å². The first-order chi connectivity index (χ1) is 22.8. The lowest BCUT2D eigenvalue weighted by Crippen LogP contribution is -2.34. The van der Waals surface area contributed by atoms with Crippen LogP contribution in [0.5, 0.6) is 0 Å². The highest BCUT2D eigenvalue weighted by molar-refractivity contribution is 5.15. The molecule has 0 aliphatic heterocycles. The van der Waals surface area contributed by atoms with Gasteiger partial charge in [-0.1, -0.05) is 213 Å². The van der Waals surface area contributed by atoms with E-state index in [2.05, 4.69) is 43.8 Å². The summed E-state index contributed by atoms with van der Waals surface area (Å²) in [6, 6.07) is 2.57. The molecule has 1 rings (SSSR count). The van der Waals surface area contributed by atoms with E-state index < -0.39 is 0 Å². The Balaban J connectivity index is 2.33. The van der Waals surface area contributed by atoms with Crippen molar-refractivity contribution < 1.29 is 4.57 Å². The predicted octanol–water partition coefficient (Wildman–Crippen LogP) is 15.4. The lowest BCUT2D eigenvalue weighted by atomic mass is 10.0. The number of hydrogen-bond donors (Lipinski definition) is 0.